The van der Waals surface area contributed by atoms with Crippen LogP contribution in [0, 0.1) is 0 Å². The molecular formula is C12H7Cl7Fe. The number of halogens is 7. The zero-order valence-electron chi connectivity index (χ0n) is 9.54. The van der Waals surface area contributed by atoms with E-state index in [0.29, 0.717) is 19.3 Å². The average molecular weight is 455 g/mol. The van der Waals surface area contributed by atoms with Gasteiger partial charge in [0.25, 0.3) is 0 Å². The van der Waals surface area contributed by atoms with E-state index in [1.165, 1.54) is 0 Å². The molecule has 0 radical (unpaired) electrons. The Morgan fingerprint density at radius 3 is 1.40 bits per heavy atom. The first-order valence-electron chi connectivity index (χ1n) is 6.85. The molecule has 10 aliphatic rings. The molecule has 10 saturated heterocycles. The molecule has 9 unspecified atom stereocenters. The molecule has 8 heteroatoms. The van der Waals surface area contributed by atoms with Gasteiger partial charge >= 0.3 is 141 Å². The third-order valence-electron chi connectivity index (χ3n) is 15.7. The van der Waals surface area contributed by atoms with Gasteiger partial charge in [0.15, 0.2) is 0 Å². The summed E-state index contributed by atoms with van der Waals surface area (Å²) in [6.45, 7) is -4.28. The topological polar surface area (TPSA) is 0 Å². The fourth-order valence-electron chi connectivity index (χ4n) is 18.2. The summed E-state index contributed by atoms with van der Waals surface area (Å²) < 4.78 is -2.90. The minimum atomic E-state index is -4.28. The second-order valence-corrected chi connectivity index (χ2v) is 39.1. The SMILES string of the molecule is ClC(Cl)(Cl)[C]12[CH]3[CH]4[CH]5[CH]1[Fe]45321678[CH]2[CH]1[C]6(Cl)[C]7(C(Cl)(Cl)Cl)[CH]28. The molecule has 0 aliphatic carbocycles. The van der Waals surface area contributed by atoms with Crippen molar-refractivity contribution < 1.29 is 6.51 Å². The van der Waals surface area contributed by atoms with Gasteiger partial charge < -0.3 is 0 Å². The standard InChI is InChI=1S/C6H3Cl4.C6H4Cl3.Fe/c7-5-3-1-2-4(5)6(8,9)10;7-6(8,9)5-3-1-2-4-5;/h1-3H;1-4H;. The fraction of sp³-hybridized carbons (Fsp3) is 1.00. The molecule has 0 nitrogen and oxygen atoms in total. The van der Waals surface area contributed by atoms with Gasteiger partial charge in [0.1, 0.15) is 0 Å². The molecular weight excluding hydrogens is 448 g/mol. The number of fused-ring (bicyclic) bond motifs is 10. The third-order valence-corrected chi connectivity index (χ3v) is 64.8. The van der Waals surface area contributed by atoms with Gasteiger partial charge in [0.05, 0.1) is 0 Å². The van der Waals surface area contributed by atoms with E-state index in [1.807, 2.05) is 0 Å². The van der Waals surface area contributed by atoms with Crippen LogP contribution in [0.2, 0.25) is 42.3 Å². The Bertz CT molecular complexity index is 1170. The van der Waals surface area contributed by atoms with E-state index < -0.39 is 14.1 Å². The Morgan fingerprint density at radius 2 is 1.25 bits per heavy atom. The summed E-state index contributed by atoms with van der Waals surface area (Å²) in [5.41, 5.74) is 0. The molecule has 0 aromatic rings. The van der Waals surface area contributed by atoms with Gasteiger partial charge in [0, 0.05) is 0 Å². The van der Waals surface area contributed by atoms with Crippen molar-refractivity contribution in [2.75, 3.05) is 0 Å². The van der Waals surface area contributed by atoms with Crippen molar-refractivity contribution in [1.29, 1.82) is 0 Å². The van der Waals surface area contributed by atoms with Gasteiger partial charge in [-0.3, -0.25) is 0 Å². The summed E-state index contributed by atoms with van der Waals surface area (Å²) in [5.74, 6) is 0. The van der Waals surface area contributed by atoms with Crippen LogP contribution >= 0.6 is 81.2 Å². The van der Waals surface area contributed by atoms with E-state index >= 15 is 0 Å². The van der Waals surface area contributed by atoms with Crippen LogP contribution in [0.1, 0.15) is 0 Å². The molecule has 0 N–H and O–H groups in total. The van der Waals surface area contributed by atoms with Crippen LogP contribution < -0.4 is 0 Å². The predicted molar refractivity (Wildman–Crippen MR) is 80.8 cm³/mol. The minimum absolute atomic E-state index is 0.0763. The zero-order valence-corrected chi connectivity index (χ0v) is 15.9. The summed E-state index contributed by atoms with van der Waals surface area (Å²) in [6, 6.07) is 0. The van der Waals surface area contributed by atoms with Crippen LogP contribution in [0.4, 0.5) is 0 Å². The number of rotatable bonds is 0. The Morgan fingerprint density at radius 1 is 0.700 bits per heavy atom. The first kappa shape index (κ1) is 10.5. The van der Waals surface area contributed by atoms with E-state index in [2.05, 4.69) is 0 Å². The second-order valence-electron chi connectivity index (χ2n) is 10.8. The van der Waals surface area contributed by atoms with Crippen LogP contribution in [0.3, 0.4) is 0 Å². The number of hydrogen-bond acceptors (Lipinski definition) is 0. The van der Waals surface area contributed by atoms with Crippen LogP contribution in [0.15, 0.2) is 0 Å². The van der Waals surface area contributed by atoms with E-state index in [0.717, 1.165) is 14.4 Å². The first-order valence-corrected chi connectivity index (χ1v) is 15.6. The molecule has 20 heavy (non-hydrogen) atoms. The third kappa shape index (κ3) is 0.116. The summed E-state index contributed by atoms with van der Waals surface area (Å²) in [4.78, 5) is 4.89. The molecule has 0 amide bonds. The van der Waals surface area contributed by atoms with Gasteiger partial charge in [-0.25, -0.2) is 0 Å². The summed E-state index contributed by atoms with van der Waals surface area (Å²) in [5, 5.41) is 0. The van der Waals surface area contributed by atoms with Crippen LogP contribution in [0.25, 0.3) is 0 Å². The molecule has 10 rings (SSSR count). The van der Waals surface area contributed by atoms with Crippen molar-refractivity contribution in [2.45, 2.75) is 53.7 Å². The number of hydrogen-bond donors (Lipinski definition) is 0. The van der Waals surface area contributed by atoms with Gasteiger partial charge in [-0.05, 0) is 0 Å². The van der Waals surface area contributed by atoms with Crippen LogP contribution in [0.5, 0.6) is 0 Å². The summed E-state index contributed by atoms with van der Waals surface area (Å²) in [7, 11) is 0. The first-order chi connectivity index (χ1) is 8.82. The Labute approximate surface area is 140 Å². The molecule has 10 heterocycles. The maximum absolute atomic E-state index is 7.39. The fourth-order valence-corrected chi connectivity index (χ4v) is 111. The molecule has 10 fully saturated rings. The van der Waals surface area contributed by atoms with Gasteiger partial charge in [-0.2, -0.15) is 0 Å². The Balaban J connectivity index is 1.65. The predicted octanol–water partition coefficient (Wildman–Crippen LogP) is 7.00. The molecule has 0 bridgehead atoms. The number of alkyl halides is 7. The van der Waals surface area contributed by atoms with Crippen molar-refractivity contribution in [2.24, 2.45) is 0 Å². The molecule has 1 spiro atoms. The molecule has 0 aromatic carbocycles. The van der Waals surface area contributed by atoms with Crippen LogP contribution in [-0.4, -0.2) is 11.4 Å². The second kappa shape index (κ2) is 0.937. The molecule has 0 saturated carbocycles. The van der Waals surface area contributed by atoms with Crippen molar-refractivity contribution in [1.82, 2.24) is 0 Å². The quantitative estimate of drug-likeness (QED) is 0.273. The van der Waals surface area contributed by atoms with Gasteiger partial charge in [-0.15, -0.1) is 0 Å². The van der Waals surface area contributed by atoms with Crippen molar-refractivity contribution >= 4 is 81.2 Å². The maximum atomic E-state index is 7.39. The van der Waals surface area contributed by atoms with Crippen molar-refractivity contribution in [3.63, 3.8) is 0 Å². The van der Waals surface area contributed by atoms with E-state index in [1.54, 1.807) is 0 Å². The monoisotopic (exact) mass is 452 g/mol. The molecule has 9 atom stereocenters. The van der Waals surface area contributed by atoms with Gasteiger partial charge in [0.2, 0.25) is 0 Å². The van der Waals surface area contributed by atoms with Crippen LogP contribution in [-0.2, 0) is 6.51 Å². The van der Waals surface area contributed by atoms with Gasteiger partial charge in [-0.1, -0.05) is 0 Å². The molecule has 112 valence electrons. The molecule has 0 aromatic heterocycles. The average Bonchev–Trinajstić information content (AvgIpc) is 3.19. The van der Waals surface area contributed by atoms with Crippen molar-refractivity contribution in [3.05, 3.63) is 0 Å². The molecule has 10 aliphatic heterocycles. The normalized spacial score (nSPS) is 112. The van der Waals surface area contributed by atoms with E-state index in [4.69, 9.17) is 81.2 Å². The van der Waals surface area contributed by atoms with E-state index in [9.17, 15) is 0 Å². The Hall–Kier alpha value is 2.55. The summed E-state index contributed by atoms with van der Waals surface area (Å²) in [6.07, 6.45) is 0. The Kier molecular flexibility index (Phi) is 0.493. The van der Waals surface area contributed by atoms with E-state index in [-0.39, 0.29) is 12.4 Å². The zero-order chi connectivity index (χ0) is 13.9. The summed E-state index contributed by atoms with van der Waals surface area (Å²) >= 11 is 47.0. The van der Waals surface area contributed by atoms with Crippen molar-refractivity contribution in [3.8, 4) is 0 Å².